The summed E-state index contributed by atoms with van der Waals surface area (Å²) in [6.07, 6.45) is 0. The van der Waals surface area contributed by atoms with Crippen LogP contribution in [0.25, 0.3) is 5.69 Å². The summed E-state index contributed by atoms with van der Waals surface area (Å²) >= 11 is 6.20. The lowest BCUT2D eigenvalue weighted by Gasteiger charge is -2.26. The summed E-state index contributed by atoms with van der Waals surface area (Å²) in [7, 11) is -2.50. The molecular weight excluding hydrogens is 453 g/mol. The lowest BCUT2D eigenvalue weighted by molar-refractivity contribution is -0.667. The minimum absolute atomic E-state index is 0.124. The van der Waals surface area contributed by atoms with Gasteiger partial charge in [-0.05, 0) is 22.3 Å². The minimum atomic E-state index is -2.50. The molecule has 4 aromatic carbocycles. The van der Waals surface area contributed by atoms with E-state index in [1.807, 2.05) is 78.9 Å². The SMILES string of the molecule is [O-]c1on[n+](-c2ccccc2N=P(c2ccccc2)(c2ccccc2)c2ccccc2)c1Cl. The van der Waals surface area contributed by atoms with Crippen molar-refractivity contribution in [2.75, 3.05) is 0 Å². The molecule has 0 saturated carbocycles. The lowest BCUT2D eigenvalue weighted by Crippen LogP contribution is -2.33. The van der Waals surface area contributed by atoms with Gasteiger partial charge in [-0.3, -0.25) is 0 Å². The van der Waals surface area contributed by atoms with Crippen molar-refractivity contribution in [1.29, 1.82) is 0 Å². The zero-order valence-electron chi connectivity index (χ0n) is 17.5. The molecule has 5 aromatic rings. The molecule has 0 aliphatic rings. The fourth-order valence-electron chi connectivity index (χ4n) is 3.83. The highest BCUT2D eigenvalue weighted by atomic mass is 35.5. The molecule has 0 atom stereocenters. The van der Waals surface area contributed by atoms with E-state index in [1.165, 1.54) is 4.68 Å². The van der Waals surface area contributed by atoms with Gasteiger partial charge in [0.05, 0.1) is 12.3 Å². The number of benzene rings is 4. The first kappa shape index (κ1) is 21.2. The first-order chi connectivity index (χ1) is 16.2. The molecule has 0 amide bonds. The normalized spacial score (nSPS) is 11.3. The Balaban J connectivity index is 1.91. The zero-order valence-corrected chi connectivity index (χ0v) is 19.1. The fraction of sp³-hybridized carbons (Fsp3) is 0. The fourth-order valence-corrected chi connectivity index (χ4v) is 7.53. The monoisotopic (exact) mass is 471 g/mol. The lowest BCUT2D eigenvalue weighted by atomic mass is 10.3. The predicted molar refractivity (Wildman–Crippen MR) is 130 cm³/mol. The van der Waals surface area contributed by atoms with Crippen LogP contribution in [0.4, 0.5) is 5.69 Å². The molecule has 0 aliphatic heterocycles. The topological polar surface area (TPSA) is 65.3 Å². The van der Waals surface area contributed by atoms with E-state index in [9.17, 15) is 5.11 Å². The second kappa shape index (κ2) is 9.07. The van der Waals surface area contributed by atoms with E-state index < -0.39 is 13.0 Å². The average molecular weight is 472 g/mol. The van der Waals surface area contributed by atoms with Gasteiger partial charge in [0.2, 0.25) is 0 Å². The number of hydrogen-bond acceptors (Lipinski definition) is 4. The smallest absolute Gasteiger partial charge is 0.332 e. The molecule has 1 heterocycles. The second-order valence-electron chi connectivity index (χ2n) is 7.29. The number of halogens is 1. The van der Waals surface area contributed by atoms with Gasteiger partial charge in [-0.1, -0.05) is 103 Å². The van der Waals surface area contributed by atoms with Crippen molar-refractivity contribution in [3.05, 3.63) is 120 Å². The molecule has 0 saturated heterocycles. The van der Waals surface area contributed by atoms with Crippen molar-refractivity contribution in [1.82, 2.24) is 5.27 Å². The highest BCUT2D eigenvalue weighted by Gasteiger charge is 2.29. The molecule has 0 unspecified atom stereocenters. The summed E-state index contributed by atoms with van der Waals surface area (Å²) in [5.41, 5.74) is 1.23. The molecule has 0 radical (unpaired) electrons. The molecule has 33 heavy (non-hydrogen) atoms. The summed E-state index contributed by atoms with van der Waals surface area (Å²) in [6, 6.07) is 38.4. The Kier molecular flexibility index (Phi) is 5.82. The van der Waals surface area contributed by atoms with Crippen molar-refractivity contribution >= 4 is 40.3 Å². The van der Waals surface area contributed by atoms with E-state index in [1.54, 1.807) is 0 Å². The van der Waals surface area contributed by atoms with Gasteiger partial charge < -0.3 is 9.63 Å². The van der Waals surface area contributed by atoms with Crippen LogP contribution in [0, 0.1) is 0 Å². The zero-order chi connectivity index (χ0) is 22.7. The molecule has 0 spiro atoms. The van der Waals surface area contributed by atoms with E-state index >= 15 is 0 Å². The van der Waals surface area contributed by atoms with Crippen LogP contribution in [0.1, 0.15) is 0 Å². The molecule has 1 aromatic heterocycles. The molecule has 0 aliphatic carbocycles. The molecule has 0 fully saturated rings. The standard InChI is InChI=1S/C26H19ClN3O2P/c27-25-26(31)32-29-30(25)24-19-11-10-18-23(24)28-33(20-12-4-1-5-13-20,21-14-6-2-7-15-21)22-16-8-3-9-17-22/h1-19H. The molecule has 162 valence electrons. The van der Waals surface area contributed by atoms with Crippen LogP contribution in [0.15, 0.2) is 125 Å². The van der Waals surface area contributed by atoms with Crippen LogP contribution in [0.5, 0.6) is 5.95 Å². The highest BCUT2D eigenvalue weighted by Crippen LogP contribution is 2.49. The third-order valence-electron chi connectivity index (χ3n) is 5.32. The third-order valence-corrected chi connectivity index (χ3v) is 9.28. The maximum absolute atomic E-state index is 11.9. The quantitative estimate of drug-likeness (QED) is 0.280. The Bertz CT molecular complexity index is 1340. The van der Waals surface area contributed by atoms with Gasteiger partial charge in [0.25, 0.3) is 5.69 Å². The molecule has 5 rings (SSSR count). The Morgan fingerprint density at radius 1 is 0.697 bits per heavy atom. The minimum Gasteiger partial charge on any atom is -0.538 e. The van der Waals surface area contributed by atoms with Gasteiger partial charge in [-0.15, -0.1) is 0 Å². The summed E-state index contributed by atoms with van der Waals surface area (Å²) in [5.74, 6) is -0.693. The molecule has 0 bridgehead atoms. The van der Waals surface area contributed by atoms with Crippen LogP contribution in [0.2, 0.25) is 5.15 Å². The van der Waals surface area contributed by atoms with Crippen molar-refractivity contribution in [2.45, 2.75) is 0 Å². The number of rotatable bonds is 5. The Labute approximate surface area is 196 Å². The van der Waals surface area contributed by atoms with Gasteiger partial charge in [-0.2, -0.15) is 0 Å². The average Bonchev–Trinajstić information content (AvgIpc) is 3.22. The number of aromatic nitrogens is 2. The largest absolute Gasteiger partial charge is 0.538 e. The van der Waals surface area contributed by atoms with Crippen molar-refractivity contribution in [3.8, 4) is 11.6 Å². The van der Waals surface area contributed by atoms with Gasteiger partial charge >= 0.3 is 5.15 Å². The van der Waals surface area contributed by atoms with E-state index in [0.29, 0.717) is 11.4 Å². The van der Waals surface area contributed by atoms with E-state index in [-0.39, 0.29) is 5.15 Å². The van der Waals surface area contributed by atoms with Crippen molar-refractivity contribution in [3.63, 3.8) is 0 Å². The Hall–Kier alpha value is -3.66. The van der Waals surface area contributed by atoms with Crippen LogP contribution in [-0.4, -0.2) is 5.27 Å². The van der Waals surface area contributed by atoms with Gasteiger partial charge in [0, 0.05) is 22.0 Å². The summed E-state index contributed by atoms with van der Waals surface area (Å²) in [4.78, 5) is 0. The van der Waals surface area contributed by atoms with Crippen molar-refractivity contribution in [2.24, 2.45) is 4.74 Å². The maximum Gasteiger partial charge on any atom is 0.332 e. The summed E-state index contributed by atoms with van der Waals surface area (Å²) in [5, 5.41) is 18.9. The predicted octanol–water partition coefficient (Wildman–Crippen LogP) is 4.49. The van der Waals surface area contributed by atoms with Gasteiger partial charge in [0.1, 0.15) is 5.69 Å². The second-order valence-corrected chi connectivity index (χ2v) is 10.7. The third kappa shape index (κ3) is 3.86. The first-order valence-electron chi connectivity index (χ1n) is 10.3. The Morgan fingerprint density at radius 2 is 1.15 bits per heavy atom. The highest BCUT2D eigenvalue weighted by molar-refractivity contribution is 7.87. The Morgan fingerprint density at radius 3 is 1.61 bits per heavy atom. The number of hydrogen-bond donors (Lipinski definition) is 0. The van der Waals surface area contributed by atoms with E-state index in [0.717, 1.165) is 15.9 Å². The van der Waals surface area contributed by atoms with Gasteiger partial charge in [-0.25, -0.2) is 4.74 Å². The van der Waals surface area contributed by atoms with E-state index in [2.05, 4.69) is 41.7 Å². The molecular formula is C26H19ClN3O2P. The summed E-state index contributed by atoms with van der Waals surface area (Å²) < 4.78 is 11.5. The number of para-hydroxylation sites is 1. The van der Waals surface area contributed by atoms with E-state index in [4.69, 9.17) is 20.9 Å². The van der Waals surface area contributed by atoms with Crippen LogP contribution < -0.4 is 25.7 Å². The van der Waals surface area contributed by atoms with Gasteiger partial charge in [0.15, 0.2) is 5.95 Å². The molecule has 0 N–H and O–H groups in total. The van der Waals surface area contributed by atoms with Crippen LogP contribution in [-0.2, 0) is 0 Å². The molecule has 5 nitrogen and oxygen atoms in total. The first-order valence-corrected chi connectivity index (χ1v) is 12.5. The maximum atomic E-state index is 11.9. The summed E-state index contributed by atoms with van der Waals surface area (Å²) in [6.45, 7) is 0. The van der Waals surface area contributed by atoms with Crippen molar-refractivity contribution < 1.29 is 14.3 Å². The number of nitrogens with zero attached hydrogens (tertiary/aromatic N) is 3. The van der Waals surface area contributed by atoms with Crippen LogP contribution >= 0.6 is 18.7 Å². The molecule has 7 heteroatoms. The van der Waals surface area contributed by atoms with Crippen LogP contribution in [0.3, 0.4) is 0 Å².